The molecule has 2 aromatic heterocycles. The van der Waals surface area contributed by atoms with E-state index >= 15 is 0 Å². The van der Waals surface area contributed by atoms with Crippen LogP contribution < -0.4 is 0 Å². The van der Waals surface area contributed by atoms with Gasteiger partial charge in [0.1, 0.15) is 11.3 Å². The molecular formula is C15H12ClN3O. The average molecular weight is 286 g/mol. The molecule has 1 aromatic carbocycles. The second-order valence-corrected chi connectivity index (χ2v) is 5.20. The van der Waals surface area contributed by atoms with Crippen molar-refractivity contribution in [1.82, 2.24) is 9.38 Å². The standard InChI is InChI=1S/C15H12ClN3O/c1-9-5-6-19-13(7-9)17-14(15(19)18-20)12-8-11(16)4-3-10(12)2/h3-8H,1-2H3. The van der Waals surface area contributed by atoms with Crippen molar-refractivity contribution in [3.63, 3.8) is 0 Å². The van der Waals surface area contributed by atoms with Gasteiger partial charge in [0.15, 0.2) is 0 Å². The zero-order valence-corrected chi connectivity index (χ0v) is 11.8. The van der Waals surface area contributed by atoms with Crippen LogP contribution in [0.25, 0.3) is 16.9 Å². The molecule has 5 heteroatoms. The van der Waals surface area contributed by atoms with E-state index < -0.39 is 0 Å². The summed E-state index contributed by atoms with van der Waals surface area (Å²) in [6.45, 7) is 3.93. The van der Waals surface area contributed by atoms with Crippen LogP contribution in [0, 0.1) is 18.8 Å². The highest BCUT2D eigenvalue weighted by atomic mass is 35.5. The van der Waals surface area contributed by atoms with E-state index in [-0.39, 0.29) is 0 Å². The second-order valence-electron chi connectivity index (χ2n) is 4.77. The van der Waals surface area contributed by atoms with Gasteiger partial charge in [-0.15, -0.1) is 4.91 Å². The highest BCUT2D eigenvalue weighted by Gasteiger charge is 2.16. The first kappa shape index (κ1) is 12.8. The van der Waals surface area contributed by atoms with E-state index in [1.165, 1.54) is 0 Å². The Morgan fingerprint density at radius 2 is 2.00 bits per heavy atom. The van der Waals surface area contributed by atoms with Crippen molar-refractivity contribution in [2.75, 3.05) is 0 Å². The first-order valence-electron chi connectivity index (χ1n) is 6.19. The van der Waals surface area contributed by atoms with Gasteiger partial charge < -0.3 is 0 Å². The smallest absolute Gasteiger partial charge is 0.209 e. The molecule has 3 aromatic rings. The lowest BCUT2D eigenvalue weighted by Crippen LogP contribution is -1.84. The van der Waals surface area contributed by atoms with Gasteiger partial charge in [0, 0.05) is 16.8 Å². The number of aromatic nitrogens is 2. The number of nitroso groups, excluding NO2 is 1. The molecule has 0 aliphatic carbocycles. The number of hydrogen-bond acceptors (Lipinski definition) is 3. The van der Waals surface area contributed by atoms with Gasteiger partial charge in [-0.1, -0.05) is 17.7 Å². The first-order chi connectivity index (χ1) is 9.60. The van der Waals surface area contributed by atoms with Crippen LogP contribution in [0.5, 0.6) is 0 Å². The quantitative estimate of drug-likeness (QED) is 0.642. The van der Waals surface area contributed by atoms with E-state index in [9.17, 15) is 4.91 Å². The maximum Gasteiger partial charge on any atom is 0.209 e. The van der Waals surface area contributed by atoms with E-state index in [0.29, 0.717) is 22.2 Å². The first-order valence-corrected chi connectivity index (χ1v) is 6.56. The molecule has 0 saturated carbocycles. The summed E-state index contributed by atoms with van der Waals surface area (Å²) in [7, 11) is 0. The number of fused-ring (bicyclic) bond motifs is 1. The summed E-state index contributed by atoms with van der Waals surface area (Å²) < 4.78 is 1.69. The summed E-state index contributed by atoms with van der Waals surface area (Å²) in [5, 5.41) is 3.75. The van der Waals surface area contributed by atoms with Crippen LogP contribution in [0.3, 0.4) is 0 Å². The topological polar surface area (TPSA) is 46.7 Å². The number of benzene rings is 1. The number of nitrogens with zero attached hydrogens (tertiary/aromatic N) is 3. The Bertz CT molecular complexity index is 823. The maximum atomic E-state index is 11.2. The van der Waals surface area contributed by atoms with Crippen LogP contribution in [0.1, 0.15) is 11.1 Å². The van der Waals surface area contributed by atoms with E-state index in [4.69, 9.17) is 11.6 Å². The van der Waals surface area contributed by atoms with Gasteiger partial charge in [0.2, 0.25) is 5.82 Å². The molecule has 4 nitrogen and oxygen atoms in total. The summed E-state index contributed by atoms with van der Waals surface area (Å²) in [6, 6.07) is 9.35. The lowest BCUT2D eigenvalue weighted by molar-refractivity contribution is 1.15. The number of rotatable bonds is 2. The molecule has 0 saturated heterocycles. The molecule has 0 radical (unpaired) electrons. The highest BCUT2D eigenvalue weighted by molar-refractivity contribution is 6.30. The number of pyridine rings is 1. The van der Waals surface area contributed by atoms with Crippen molar-refractivity contribution >= 4 is 23.1 Å². The fraction of sp³-hybridized carbons (Fsp3) is 0.133. The molecule has 100 valence electrons. The Morgan fingerprint density at radius 1 is 1.20 bits per heavy atom. The van der Waals surface area contributed by atoms with E-state index in [2.05, 4.69) is 10.2 Å². The van der Waals surface area contributed by atoms with Crippen molar-refractivity contribution in [3.8, 4) is 11.3 Å². The van der Waals surface area contributed by atoms with Crippen LogP contribution in [0.15, 0.2) is 41.7 Å². The summed E-state index contributed by atoms with van der Waals surface area (Å²) >= 11 is 6.04. The monoisotopic (exact) mass is 285 g/mol. The lowest BCUT2D eigenvalue weighted by Gasteiger charge is -2.03. The van der Waals surface area contributed by atoms with E-state index in [1.54, 1.807) is 16.7 Å². The summed E-state index contributed by atoms with van der Waals surface area (Å²) in [4.78, 5) is 15.7. The predicted octanol–water partition coefficient (Wildman–Crippen LogP) is 4.67. The molecule has 0 bridgehead atoms. The summed E-state index contributed by atoms with van der Waals surface area (Å²) in [6.07, 6.45) is 1.80. The maximum absolute atomic E-state index is 11.2. The molecule has 2 heterocycles. The zero-order chi connectivity index (χ0) is 14.3. The van der Waals surface area contributed by atoms with Crippen molar-refractivity contribution in [3.05, 3.63) is 57.6 Å². The van der Waals surface area contributed by atoms with Gasteiger partial charge in [-0.05, 0) is 54.4 Å². The third-order valence-electron chi connectivity index (χ3n) is 3.30. The van der Waals surface area contributed by atoms with Crippen LogP contribution in [-0.4, -0.2) is 9.38 Å². The molecular weight excluding hydrogens is 274 g/mol. The van der Waals surface area contributed by atoms with Gasteiger partial charge >= 0.3 is 0 Å². The van der Waals surface area contributed by atoms with E-state index in [1.807, 2.05) is 38.1 Å². The fourth-order valence-electron chi connectivity index (χ4n) is 2.25. The largest absolute Gasteiger partial charge is 0.281 e. The van der Waals surface area contributed by atoms with Gasteiger partial charge in [-0.3, -0.25) is 4.40 Å². The number of aryl methyl sites for hydroxylation is 2. The third kappa shape index (κ3) is 1.98. The summed E-state index contributed by atoms with van der Waals surface area (Å²) in [5.41, 5.74) is 4.17. The van der Waals surface area contributed by atoms with Gasteiger partial charge in [0.25, 0.3) is 0 Å². The minimum Gasteiger partial charge on any atom is -0.281 e. The van der Waals surface area contributed by atoms with Crippen LogP contribution in [-0.2, 0) is 0 Å². The van der Waals surface area contributed by atoms with Crippen LogP contribution in [0.2, 0.25) is 5.02 Å². The Hall–Kier alpha value is -2.20. The van der Waals surface area contributed by atoms with Crippen LogP contribution in [0.4, 0.5) is 5.82 Å². The average Bonchev–Trinajstić information content (AvgIpc) is 2.78. The minimum atomic E-state index is 0.297. The second kappa shape index (κ2) is 4.72. The SMILES string of the molecule is Cc1ccn2c(N=O)c(-c3cc(Cl)ccc3C)nc2c1. The number of halogens is 1. The van der Waals surface area contributed by atoms with Crippen molar-refractivity contribution in [2.45, 2.75) is 13.8 Å². The highest BCUT2D eigenvalue weighted by Crippen LogP contribution is 2.34. The van der Waals surface area contributed by atoms with Crippen molar-refractivity contribution < 1.29 is 0 Å². The fourth-order valence-corrected chi connectivity index (χ4v) is 2.42. The minimum absolute atomic E-state index is 0.297. The summed E-state index contributed by atoms with van der Waals surface area (Å²) in [5.74, 6) is 0.297. The Kier molecular flexibility index (Phi) is 3.03. The molecule has 0 fully saturated rings. The Morgan fingerprint density at radius 3 is 2.75 bits per heavy atom. The van der Waals surface area contributed by atoms with E-state index in [0.717, 1.165) is 16.7 Å². The Labute approximate surface area is 121 Å². The normalized spacial score (nSPS) is 10.9. The van der Waals surface area contributed by atoms with Crippen LogP contribution >= 0.6 is 11.6 Å². The van der Waals surface area contributed by atoms with Crippen molar-refractivity contribution in [1.29, 1.82) is 0 Å². The molecule has 0 atom stereocenters. The molecule has 0 amide bonds. The van der Waals surface area contributed by atoms with Gasteiger partial charge in [0.05, 0.1) is 0 Å². The molecule has 0 spiro atoms. The molecule has 0 aliphatic rings. The van der Waals surface area contributed by atoms with Gasteiger partial charge in [-0.2, -0.15) is 0 Å². The number of imidazole rings is 1. The molecule has 0 unspecified atom stereocenters. The zero-order valence-electron chi connectivity index (χ0n) is 11.1. The predicted molar refractivity (Wildman–Crippen MR) is 80.6 cm³/mol. The Balaban J connectivity index is 2.35. The molecule has 0 N–H and O–H groups in total. The third-order valence-corrected chi connectivity index (χ3v) is 3.53. The molecule has 0 aliphatic heterocycles. The molecule has 20 heavy (non-hydrogen) atoms. The van der Waals surface area contributed by atoms with Gasteiger partial charge in [-0.25, -0.2) is 4.98 Å². The molecule has 3 rings (SSSR count). The van der Waals surface area contributed by atoms with Crippen molar-refractivity contribution in [2.24, 2.45) is 5.18 Å². The lowest BCUT2D eigenvalue weighted by atomic mass is 10.1. The number of hydrogen-bond donors (Lipinski definition) is 0.